The third-order valence-electron chi connectivity index (χ3n) is 3.26. The molecule has 0 atom stereocenters. The van der Waals surface area contributed by atoms with E-state index >= 15 is 0 Å². The van der Waals surface area contributed by atoms with Gasteiger partial charge >= 0.3 is 0 Å². The SMILES string of the molecule is CCCNc1cc(SC2CCCCC2)nc(SC)n1. The maximum atomic E-state index is 4.63. The molecule has 0 aliphatic heterocycles. The molecule has 2 rings (SSSR count). The molecule has 1 heterocycles. The maximum Gasteiger partial charge on any atom is 0.190 e. The van der Waals surface area contributed by atoms with Gasteiger partial charge in [-0.3, -0.25) is 0 Å². The molecule has 1 aliphatic rings. The Morgan fingerprint density at radius 1 is 1.26 bits per heavy atom. The summed E-state index contributed by atoms with van der Waals surface area (Å²) in [5, 5.41) is 6.12. The van der Waals surface area contributed by atoms with E-state index in [9.17, 15) is 0 Å². The Morgan fingerprint density at radius 3 is 2.74 bits per heavy atom. The molecular formula is C14H23N3S2. The molecule has 1 aromatic rings. The van der Waals surface area contributed by atoms with Gasteiger partial charge < -0.3 is 5.32 Å². The summed E-state index contributed by atoms with van der Waals surface area (Å²) in [6.45, 7) is 3.14. The van der Waals surface area contributed by atoms with Crippen LogP contribution in [0.25, 0.3) is 0 Å². The third-order valence-corrected chi connectivity index (χ3v) is 5.06. The van der Waals surface area contributed by atoms with Crippen LogP contribution < -0.4 is 5.32 Å². The fourth-order valence-corrected chi connectivity index (χ4v) is 3.92. The van der Waals surface area contributed by atoms with Crippen molar-refractivity contribution in [1.29, 1.82) is 0 Å². The third kappa shape index (κ3) is 4.88. The first-order chi connectivity index (χ1) is 9.31. The second-order valence-electron chi connectivity index (χ2n) is 4.88. The van der Waals surface area contributed by atoms with Crippen molar-refractivity contribution in [1.82, 2.24) is 9.97 Å². The zero-order valence-corrected chi connectivity index (χ0v) is 13.4. The number of hydrogen-bond acceptors (Lipinski definition) is 5. The Hall–Kier alpha value is -0.420. The molecule has 1 aromatic heterocycles. The molecule has 1 aliphatic carbocycles. The molecule has 1 saturated carbocycles. The van der Waals surface area contributed by atoms with Gasteiger partial charge in [0.25, 0.3) is 0 Å². The van der Waals surface area contributed by atoms with E-state index in [1.165, 1.54) is 32.1 Å². The van der Waals surface area contributed by atoms with Gasteiger partial charge in [0, 0.05) is 17.9 Å². The van der Waals surface area contributed by atoms with Crippen LogP contribution in [0, 0.1) is 0 Å². The van der Waals surface area contributed by atoms with Crippen LogP contribution >= 0.6 is 23.5 Å². The number of aromatic nitrogens is 2. The highest BCUT2D eigenvalue weighted by molar-refractivity contribution is 8.00. The second-order valence-corrected chi connectivity index (χ2v) is 6.98. The van der Waals surface area contributed by atoms with Gasteiger partial charge in [-0.2, -0.15) is 0 Å². The van der Waals surface area contributed by atoms with Crippen molar-refractivity contribution in [2.75, 3.05) is 18.1 Å². The van der Waals surface area contributed by atoms with Crippen LogP contribution in [0.5, 0.6) is 0 Å². The molecule has 0 spiro atoms. The van der Waals surface area contributed by atoms with Crippen molar-refractivity contribution < 1.29 is 0 Å². The van der Waals surface area contributed by atoms with Crippen LogP contribution in [0.2, 0.25) is 0 Å². The van der Waals surface area contributed by atoms with Crippen LogP contribution in [0.1, 0.15) is 45.4 Å². The molecule has 1 fully saturated rings. The highest BCUT2D eigenvalue weighted by Crippen LogP contribution is 2.33. The van der Waals surface area contributed by atoms with Gasteiger partial charge in [0.2, 0.25) is 0 Å². The van der Waals surface area contributed by atoms with Crippen molar-refractivity contribution in [3.8, 4) is 0 Å². The molecule has 0 aromatic carbocycles. The molecule has 0 unspecified atom stereocenters. The first-order valence-electron chi connectivity index (χ1n) is 7.15. The fraction of sp³-hybridized carbons (Fsp3) is 0.714. The molecule has 5 heteroatoms. The molecule has 0 saturated heterocycles. The number of anilines is 1. The average Bonchev–Trinajstić information content (AvgIpc) is 2.46. The van der Waals surface area contributed by atoms with Gasteiger partial charge in [-0.05, 0) is 25.5 Å². The van der Waals surface area contributed by atoms with Gasteiger partial charge in [-0.25, -0.2) is 9.97 Å². The lowest BCUT2D eigenvalue weighted by Gasteiger charge is -2.20. The van der Waals surface area contributed by atoms with Gasteiger partial charge in [0.15, 0.2) is 5.16 Å². The lowest BCUT2D eigenvalue weighted by atomic mass is 10.0. The Morgan fingerprint density at radius 2 is 2.05 bits per heavy atom. The lowest BCUT2D eigenvalue weighted by molar-refractivity contribution is 0.515. The normalized spacial score (nSPS) is 16.5. The highest BCUT2D eigenvalue weighted by atomic mass is 32.2. The van der Waals surface area contributed by atoms with E-state index in [1.807, 2.05) is 18.0 Å². The van der Waals surface area contributed by atoms with Gasteiger partial charge in [0.1, 0.15) is 10.8 Å². The van der Waals surface area contributed by atoms with Crippen LogP contribution in [0.4, 0.5) is 5.82 Å². The molecule has 0 bridgehead atoms. The quantitative estimate of drug-likeness (QED) is 0.477. The van der Waals surface area contributed by atoms with Gasteiger partial charge in [-0.15, -0.1) is 11.8 Å². The predicted molar refractivity (Wildman–Crippen MR) is 85.3 cm³/mol. The Balaban J connectivity index is 2.04. The van der Waals surface area contributed by atoms with Crippen LogP contribution in [-0.2, 0) is 0 Å². The van der Waals surface area contributed by atoms with Crippen molar-refractivity contribution >= 4 is 29.3 Å². The summed E-state index contributed by atoms with van der Waals surface area (Å²) >= 11 is 3.55. The number of hydrogen-bond donors (Lipinski definition) is 1. The first kappa shape index (κ1) is 15.0. The Kier molecular flexibility index (Phi) is 6.31. The smallest absolute Gasteiger partial charge is 0.190 e. The van der Waals surface area contributed by atoms with Gasteiger partial charge in [-0.1, -0.05) is 37.9 Å². The summed E-state index contributed by atoms with van der Waals surface area (Å²) < 4.78 is 0. The predicted octanol–water partition coefficient (Wildman–Crippen LogP) is 4.45. The summed E-state index contributed by atoms with van der Waals surface area (Å²) in [6.07, 6.45) is 9.97. The average molecular weight is 297 g/mol. The lowest BCUT2D eigenvalue weighted by Crippen LogP contribution is -2.09. The van der Waals surface area contributed by atoms with Crippen LogP contribution in [-0.4, -0.2) is 28.0 Å². The van der Waals surface area contributed by atoms with E-state index in [0.717, 1.165) is 34.2 Å². The number of nitrogens with one attached hydrogen (secondary N) is 1. The fourth-order valence-electron chi connectivity index (χ4n) is 2.25. The van der Waals surface area contributed by atoms with Crippen molar-refractivity contribution in [3.05, 3.63) is 6.07 Å². The van der Waals surface area contributed by atoms with Crippen molar-refractivity contribution in [2.45, 2.75) is 60.9 Å². The van der Waals surface area contributed by atoms with Crippen molar-refractivity contribution in [3.63, 3.8) is 0 Å². The number of thioether (sulfide) groups is 2. The highest BCUT2D eigenvalue weighted by Gasteiger charge is 2.16. The minimum absolute atomic E-state index is 0.748. The monoisotopic (exact) mass is 297 g/mol. The Bertz CT molecular complexity index is 392. The van der Waals surface area contributed by atoms with E-state index in [2.05, 4.69) is 28.3 Å². The van der Waals surface area contributed by atoms with E-state index < -0.39 is 0 Å². The van der Waals surface area contributed by atoms with E-state index in [-0.39, 0.29) is 0 Å². The zero-order valence-electron chi connectivity index (χ0n) is 11.8. The zero-order chi connectivity index (χ0) is 13.5. The van der Waals surface area contributed by atoms with Crippen molar-refractivity contribution in [2.24, 2.45) is 0 Å². The maximum absolute atomic E-state index is 4.63. The van der Waals surface area contributed by atoms with E-state index in [4.69, 9.17) is 0 Å². The summed E-state index contributed by atoms with van der Waals surface area (Å²) in [5.41, 5.74) is 0. The van der Waals surface area contributed by atoms with E-state index in [0.29, 0.717) is 0 Å². The summed E-state index contributed by atoms with van der Waals surface area (Å²) in [6, 6.07) is 2.11. The summed E-state index contributed by atoms with van der Waals surface area (Å²) in [7, 11) is 0. The molecule has 0 radical (unpaired) electrons. The topological polar surface area (TPSA) is 37.8 Å². The number of rotatable bonds is 6. The minimum Gasteiger partial charge on any atom is -0.370 e. The molecule has 19 heavy (non-hydrogen) atoms. The van der Waals surface area contributed by atoms with E-state index in [1.54, 1.807) is 11.8 Å². The molecule has 3 nitrogen and oxygen atoms in total. The second kappa shape index (κ2) is 8.00. The molecule has 1 N–H and O–H groups in total. The van der Waals surface area contributed by atoms with Crippen LogP contribution in [0.3, 0.4) is 0 Å². The minimum atomic E-state index is 0.748. The number of nitrogens with zero attached hydrogens (tertiary/aromatic N) is 2. The first-order valence-corrected chi connectivity index (χ1v) is 9.26. The van der Waals surface area contributed by atoms with Crippen LogP contribution in [0.15, 0.2) is 16.2 Å². The molecule has 106 valence electrons. The molecule has 0 amide bonds. The standard InChI is InChI=1S/C14H23N3S2/c1-3-9-15-12-10-13(17-14(16-12)18-2)19-11-7-5-4-6-8-11/h10-11H,3-9H2,1-2H3,(H,15,16,17). The van der Waals surface area contributed by atoms with Gasteiger partial charge in [0.05, 0.1) is 0 Å². The largest absolute Gasteiger partial charge is 0.370 e. The summed E-state index contributed by atoms with van der Waals surface area (Å²) in [5.74, 6) is 0.972. The summed E-state index contributed by atoms with van der Waals surface area (Å²) in [4.78, 5) is 9.14. The Labute approximate surface area is 124 Å². The molecular weight excluding hydrogens is 274 g/mol.